The summed E-state index contributed by atoms with van der Waals surface area (Å²) in [7, 11) is -3.37. The minimum atomic E-state index is -6.09. The maximum atomic E-state index is 10.7. The zero-order chi connectivity index (χ0) is 15.9. The van der Waals surface area contributed by atoms with E-state index in [1.165, 1.54) is 64.2 Å². The molecule has 0 aromatic carbocycles. The summed E-state index contributed by atoms with van der Waals surface area (Å²) in [6, 6.07) is 0. The predicted molar refractivity (Wildman–Crippen MR) is 75.2 cm³/mol. The molecule has 0 aromatic heterocycles. The van der Waals surface area contributed by atoms with E-state index in [9.17, 15) is 13.2 Å². The minimum absolute atomic E-state index is 0.997. The summed E-state index contributed by atoms with van der Waals surface area (Å²) < 4.78 is 58.9. The molecule has 3 nitrogen and oxygen atoms in total. The molecule has 0 N–H and O–H groups in total. The first-order valence-electron chi connectivity index (χ1n) is 7.57. The van der Waals surface area contributed by atoms with Crippen molar-refractivity contribution in [2.24, 2.45) is 0 Å². The molecule has 8 heteroatoms. The summed E-state index contributed by atoms with van der Waals surface area (Å²) in [6.45, 7) is 0. The van der Waals surface area contributed by atoms with Crippen molar-refractivity contribution in [3.05, 3.63) is 0 Å². The second-order valence-corrected chi connectivity index (χ2v) is 7.26. The van der Waals surface area contributed by atoms with Crippen molar-refractivity contribution >= 4 is 17.4 Å². The van der Waals surface area contributed by atoms with Crippen LogP contribution in [0.15, 0.2) is 0 Å². The number of alkyl halides is 3. The molecule has 2 aliphatic carbocycles. The van der Waals surface area contributed by atoms with Gasteiger partial charge in [0, 0.05) is 0 Å². The number of halogens is 3. The topological polar surface area (TPSA) is 57.2 Å². The standard InChI is InChI=1S/C12H22B.CHF3O3S/c1-3-7-11(8-4-1)13-12-9-5-2-6-10-12;2-1(3,4)8(5,6)7/h11-12H,1-10H2;(H,5,6,7)/q+1;/p-1. The van der Waals surface area contributed by atoms with Gasteiger partial charge in [0.05, 0.1) is 0 Å². The van der Waals surface area contributed by atoms with Crippen molar-refractivity contribution in [3.8, 4) is 0 Å². The van der Waals surface area contributed by atoms with Crippen molar-refractivity contribution in [1.82, 2.24) is 0 Å². The third-order valence-electron chi connectivity index (χ3n) is 4.13. The quantitative estimate of drug-likeness (QED) is 0.433. The Balaban J connectivity index is 0.000000240. The summed E-state index contributed by atoms with van der Waals surface area (Å²) in [6.07, 6.45) is 15.0. The van der Waals surface area contributed by atoms with Crippen LogP contribution in [0.4, 0.5) is 13.2 Å². The SMILES string of the molecule is O=S(=O)([O-])C(F)(F)F.[B+](C1CCCCC1)C1CCCCC1. The number of hydrogen-bond donors (Lipinski definition) is 0. The van der Waals surface area contributed by atoms with Gasteiger partial charge in [-0.15, -0.1) is 0 Å². The summed E-state index contributed by atoms with van der Waals surface area (Å²) in [5.74, 6) is 1.99. The molecule has 0 aliphatic heterocycles. The van der Waals surface area contributed by atoms with Gasteiger partial charge in [-0.2, -0.15) is 13.2 Å². The van der Waals surface area contributed by atoms with Crippen LogP contribution in [0.25, 0.3) is 0 Å². The summed E-state index contributed by atoms with van der Waals surface area (Å²) in [4.78, 5) is 0. The van der Waals surface area contributed by atoms with Crippen LogP contribution in [0, 0.1) is 0 Å². The van der Waals surface area contributed by atoms with Crippen LogP contribution in [0.5, 0.6) is 0 Å². The Hall–Kier alpha value is -0.235. The van der Waals surface area contributed by atoms with E-state index < -0.39 is 15.6 Å². The first-order chi connectivity index (χ1) is 9.70. The van der Waals surface area contributed by atoms with Crippen molar-refractivity contribution in [2.75, 3.05) is 0 Å². The van der Waals surface area contributed by atoms with Crippen LogP contribution >= 0.6 is 0 Å². The molecule has 2 saturated carbocycles. The Labute approximate surface area is 125 Å². The average Bonchev–Trinajstić information content (AvgIpc) is 2.39. The zero-order valence-corrected chi connectivity index (χ0v) is 12.9. The molecular weight excluding hydrogens is 304 g/mol. The van der Waals surface area contributed by atoms with Crippen LogP contribution < -0.4 is 0 Å². The third kappa shape index (κ3) is 7.54. The van der Waals surface area contributed by atoms with Gasteiger partial charge in [0.25, 0.3) is 0 Å². The van der Waals surface area contributed by atoms with Gasteiger partial charge in [0.15, 0.2) is 10.1 Å². The fourth-order valence-electron chi connectivity index (χ4n) is 3.04. The van der Waals surface area contributed by atoms with E-state index in [0.717, 1.165) is 11.6 Å². The van der Waals surface area contributed by atoms with Gasteiger partial charge in [0.1, 0.15) is 0 Å². The fraction of sp³-hybridized carbons (Fsp3) is 1.00. The zero-order valence-electron chi connectivity index (χ0n) is 12.1. The molecule has 0 unspecified atom stereocenters. The van der Waals surface area contributed by atoms with Crippen molar-refractivity contribution in [1.29, 1.82) is 0 Å². The summed E-state index contributed by atoms with van der Waals surface area (Å²) in [5.41, 5.74) is -5.65. The molecule has 21 heavy (non-hydrogen) atoms. The number of hydrogen-bond acceptors (Lipinski definition) is 3. The Morgan fingerprint density at radius 1 is 0.810 bits per heavy atom. The van der Waals surface area contributed by atoms with Crippen LogP contribution in [0.2, 0.25) is 11.6 Å². The fourth-order valence-corrected chi connectivity index (χ4v) is 3.04. The van der Waals surface area contributed by atoms with Gasteiger partial charge in [-0.05, 0) is 0 Å². The normalized spacial score (nSPS) is 22.1. The van der Waals surface area contributed by atoms with Gasteiger partial charge in [-0.25, -0.2) is 8.42 Å². The average molecular weight is 326 g/mol. The van der Waals surface area contributed by atoms with E-state index in [2.05, 4.69) is 7.28 Å². The van der Waals surface area contributed by atoms with E-state index >= 15 is 0 Å². The molecule has 122 valence electrons. The van der Waals surface area contributed by atoms with E-state index in [0.29, 0.717) is 0 Å². The molecule has 0 atom stereocenters. The van der Waals surface area contributed by atoms with Gasteiger partial charge < -0.3 is 4.55 Å². The maximum absolute atomic E-state index is 10.7. The van der Waals surface area contributed by atoms with Crippen LogP contribution in [-0.2, 0) is 10.1 Å². The molecule has 2 aliphatic rings. The molecule has 0 spiro atoms. The Kier molecular flexibility index (Phi) is 7.54. The second kappa shape index (κ2) is 8.41. The van der Waals surface area contributed by atoms with Gasteiger partial charge in [0.2, 0.25) is 0 Å². The monoisotopic (exact) mass is 326 g/mol. The summed E-state index contributed by atoms with van der Waals surface area (Å²) in [5, 5.41) is 0. The van der Waals surface area contributed by atoms with Gasteiger partial charge in [-0.1, -0.05) is 0 Å². The molecule has 0 amide bonds. The number of rotatable bonds is 2. The Bertz CT molecular complexity index is 370. The molecular formula is C13H22BF3O3S. The van der Waals surface area contributed by atoms with E-state index in [-0.39, 0.29) is 0 Å². The van der Waals surface area contributed by atoms with Crippen LogP contribution in [0.1, 0.15) is 64.2 Å². The Morgan fingerprint density at radius 3 is 1.33 bits per heavy atom. The molecule has 0 bridgehead atoms. The van der Waals surface area contributed by atoms with Crippen molar-refractivity contribution < 1.29 is 26.1 Å². The molecule has 2 rings (SSSR count). The van der Waals surface area contributed by atoms with Crippen molar-refractivity contribution in [3.63, 3.8) is 0 Å². The van der Waals surface area contributed by atoms with Crippen LogP contribution in [-0.4, -0.2) is 25.8 Å². The van der Waals surface area contributed by atoms with E-state index in [1.807, 2.05) is 0 Å². The molecule has 0 saturated heterocycles. The molecule has 2 fully saturated rings. The summed E-state index contributed by atoms with van der Waals surface area (Å²) >= 11 is 0. The molecule has 0 radical (unpaired) electrons. The Morgan fingerprint density at radius 2 is 1.10 bits per heavy atom. The second-order valence-electron chi connectivity index (χ2n) is 5.89. The predicted octanol–water partition coefficient (Wildman–Crippen LogP) is 4.25. The molecule has 0 heterocycles. The third-order valence-corrected chi connectivity index (χ3v) is 4.69. The molecule has 0 aromatic rings. The first-order valence-corrected chi connectivity index (χ1v) is 8.98. The van der Waals surface area contributed by atoms with Gasteiger partial charge in [-0.3, -0.25) is 0 Å². The van der Waals surface area contributed by atoms with Crippen LogP contribution in [0.3, 0.4) is 0 Å². The van der Waals surface area contributed by atoms with E-state index in [4.69, 9.17) is 13.0 Å². The first kappa shape index (κ1) is 18.8. The van der Waals surface area contributed by atoms with E-state index in [1.54, 1.807) is 0 Å². The van der Waals surface area contributed by atoms with Gasteiger partial charge >= 0.3 is 88.6 Å². The van der Waals surface area contributed by atoms with Crippen molar-refractivity contribution in [2.45, 2.75) is 81.4 Å².